The topological polar surface area (TPSA) is 0 Å². The molecule has 0 atom stereocenters. The number of aryl methyl sites for hydroxylation is 1. The van der Waals surface area contributed by atoms with E-state index in [2.05, 4.69) is 19.1 Å². The highest BCUT2D eigenvalue weighted by atomic mass is 79.9. The zero-order chi connectivity index (χ0) is 5.11. The summed E-state index contributed by atoms with van der Waals surface area (Å²) in [4.78, 5) is 0. The molecule has 0 unspecified atom stereocenters. The van der Waals surface area contributed by atoms with Gasteiger partial charge in [-0.05, 0) is 6.92 Å². The summed E-state index contributed by atoms with van der Waals surface area (Å²) < 4.78 is 0. The molecule has 1 heteroatoms. The van der Waals surface area contributed by atoms with Crippen molar-refractivity contribution in [2.45, 2.75) is 6.92 Å². The van der Waals surface area contributed by atoms with Gasteiger partial charge in [-0.1, -0.05) is 35.9 Å². The normalized spacial score (nSPS) is 7.62. The summed E-state index contributed by atoms with van der Waals surface area (Å²) >= 11 is 0. The summed E-state index contributed by atoms with van der Waals surface area (Å²) in [6.07, 6.45) is 0. The maximum Gasteiger partial charge on any atom is -0.0398 e. The van der Waals surface area contributed by atoms with E-state index < -0.39 is 0 Å². The van der Waals surface area contributed by atoms with Gasteiger partial charge in [-0.25, -0.2) is 0 Å². The van der Waals surface area contributed by atoms with Gasteiger partial charge in [0.2, 0.25) is 0 Å². The summed E-state index contributed by atoms with van der Waals surface area (Å²) in [6.45, 7) is 2.08. The Labute approximate surface area is 60.3 Å². The first kappa shape index (κ1) is 7.70. The quantitative estimate of drug-likeness (QED) is 0.565. The maximum absolute atomic E-state index is 2.08. The molecule has 1 aromatic rings. The van der Waals surface area contributed by atoms with E-state index in [1.807, 2.05) is 18.2 Å². The Hall–Kier alpha value is -0.300. The van der Waals surface area contributed by atoms with Gasteiger partial charge >= 0.3 is 0 Å². The molecule has 0 N–H and O–H groups in total. The highest BCUT2D eigenvalue weighted by Gasteiger charge is 1.72. The molecule has 0 aliphatic carbocycles. The van der Waals surface area contributed by atoms with E-state index in [4.69, 9.17) is 0 Å². The zero-order valence-corrected chi connectivity index (χ0v) is 6.51. The predicted molar refractivity (Wildman–Crippen MR) is 41.5 cm³/mol. The van der Waals surface area contributed by atoms with Crippen LogP contribution in [0.2, 0.25) is 0 Å². The minimum absolute atomic E-state index is 0. The molecular weight excluding hydrogens is 164 g/mol. The summed E-state index contributed by atoms with van der Waals surface area (Å²) in [7, 11) is 0. The third kappa shape index (κ3) is 2.12. The average Bonchev–Trinajstić information content (AvgIpc) is 1.69. The van der Waals surface area contributed by atoms with E-state index >= 15 is 0 Å². The zero-order valence-electron chi connectivity index (χ0n) is 4.79. The Morgan fingerprint density at radius 1 is 1.00 bits per heavy atom. The van der Waals surface area contributed by atoms with Gasteiger partial charge in [0.15, 0.2) is 0 Å². The fraction of sp³-hybridized carbons (Fsp3) is 0.143. The van der Waals surface area contributed by atoms with Crippen molar-refractivity contribution in [1.82, 2.24) is 0 Å². The Bertz CT molecular complexity index is 134. The Balaban J connectivity index is 0.000000490. The first-order valence-electron chi connectivity index (χ1n) is 2.41. The fourth-order valence-corrected chi connectivity index (χ4v) is 0.534. The second-order valence-corrected chi connectivity index (χ2v) is 1.65. The lowest BCUT2D eigenvalue weighted by Gasteiger charge is -1.82. The maximum atomic E-state index is 2.08. The molecule has 8 heavy (non-hydrogen) atoms. The van der Waals surface area contributed by atoms with Crippen LogP contribution in [0.15, 0.2) is 30.3 Å². The van der Waals surface area contributed by atoms with Crippen LogP contribution in [0.5, 0.6) is 0 Å². The van der Waals surface area contributed by atoms with Crippen LogP contribution in [0, 0.1) is 6.92 Å². The Morgan fingerprint density at radius 3 is 1.75 bits per heavy atom. The van der Waals surface area contributed by atoms with Gasteiger partial charge in [-0.2, -0.15) is 0 Å². The molecule has 44 valence electrons. The van der Waals surface area contributed by atoms with Crippen molar-refractivity contribution in [3.8, 4) is 0 Å². The Morgan fingerprint density at radius 2 is 1.50 bits per heavy atom. The van der Waals surface area contributed by atoms with E-state index in [1.165, 1.54) is 5.56 Å². The minimum Gasteiger partial charge on any atom is -0.114 e. The first-order valence-corrected chi connectivity index (χ1v) is 2.41. The van der Waals surface area contributed by atoms with E-state index in [1.54, 1.807) is 0 Å². The summed E-state index contributed by atoms with van der Waals surface area (Å²) in [6, 6.07) is 10.3. The average molecular weight is 173 g/mol. The van der Waals surface area contributed by atoms with Crippen molar-refractivity contribution in [2.75, 3.05) is 0 Å². The van der Waals surface area contributed by atoms with E-state index in [9.17, 15) is 0 Å². The summed E-state index contributed by atoms with van der Waals surface area (Å²) in [5, 5.41) is 0. The number of halogens is 1. The van der Waals surface area contributed by atoms with Crippen LogP contribution in [0.3, 0.4) is 0 Å². The molecule has 0 aliphatic heterocycles. The van der Waals surface area contributed by atoms with E-state index in [-0.39, 0.29) is 17.0 Å². The summed E-state index contributed by atoms with van der Waals surface area (Å²) in [5.41, 5.74) is 1.32. The molecule has 0 aromatic heterocycles. The number of hydrogen-bond acceptors (Lipinski definition) is 0. The van der Waals surface area contributed by atoms with Crippen molar-refractivity contribution in [1.29, 1.82) is 0 Å². The smallest absolute Gasteiger partial charge is 0.0398 e. The second-order valence-electron chi connectivity index (χ2n) is 1.65. The number of rotatable bonds is 0. The molecular formula is C7H9Br. The lowest BCUT2D eigenvalue weighted by Crippen LogP contribution is -1.62. The summed E-state index contributed by atoms with van der Waals surface area (Å²) in [5.74, 6) is 0. The van der Waals surface area contributed by atoms with Crippen molar-refractivity contribution in [3.05, 3.63) is 35.9 Å². The van der Waals surface area contributed by atoms with Gasteiger partial charge in [-0.3, -0.25) is 0 Å². The van der Waals surface area contributed by atoms with E-state index in [0.29, 0.717) is 0 Å². The molecule has 0 saturated heterocycles. The standard InChI is InChI=1S/C7H8.BrH/c1-7-5-3-2-4-6-7;/h2-6H,1H3;1H. The minimum atomic E-state index is 0. The first-order chi connectivity index (χ1) is 3.39. The van der Waals surface area contributed by atoms with Gasteiger partial charge in [0, 0.05) is 0 Å². The van der Waals surface area contributed by atoms with Crippen LogP contribution in [0.4, 0.5) is 0 Å². The SMILES string of the molecule is Br.Cc1ccccc1. The Kier molecular flexibility index (Phi) is 3.53. The fourth-order valence-electron chi connectivity index (χ4n) is 0.534. The molecule has 0 saturated carbocycles. The molecule has 0 aliphatic rings. The predicted octanol–water partition coefficient (Wildman–Crippen LogP) is 2.57. The molecule has 0 radical (unpaired) electrons. The molecule has 0 fully saturated rings. The van der Waals surface area contributed by atoms with E-state index in [0.717, 1.165) is 0 Å². The van der Waals surface area contributed by atoms with Gasteiger partial charge in [0.05, 0.1) is 0 Å². The van der Waals surface area contributed by atoms with Crippen LogP contribution in [0.25, 0.3) is 0 Å². The second kappa shape index (κ2) is 3.67. The van der Waals surface area contributed by atoms with Crippen LogP contribution < -0.4 is 0 Å². The highest BCUT2D eigenvalue weighted by molar-refractivity contribution is 8.93. The molecule has 0 spiro atoms. The third-order valence-electron chi connectivity index (χ3n) is 0.940. The van der Waals surface area contributed by atoms with Crippen molar-refractivity contribution < 1.29 is 0 Å². The monoisotopic (exact) mass is 172 g/mol. The largest absolute Gasteiger partial charge is 0.114 e. The van der Waals surface area contributed by atoms with Crippen LogP contribution >= 0.6 is 17.0 Å². The van der Waals surface area contributed by atoms with Crippen molar-refractivity contribution in [3.63, 3.8) is 0 Å². The molecule has 0 nitrogen and oxygen atoms in total. The van der Waals surface area contributed by atoms with Crippen LogP contribution in [0.1, 0.15) is 5.56 Å². The third-order valence-corrected chi connectivity index (χ3v) is 0.940. The van der Waals surface area contributed by atoms with Crippen LogP contribution in [-0.2, 0) is 0 Å². The molecule has 1 aromatic carbocycles. The number of hydrogen-bond donors (Lipinski definition) is 0. The van der Waals surface area contributed by atoms with Crippen molar-refractivity contribution in [2.24, 2.45) is 0 Å². The lowest BCUT2D eigenvalue weighted by molar-refractivity contribution is 1.48. The van der Waals surface area contributed by atoms with Gasteiger partial charge in [-0.15, -0.1) is 17.0 Å². The van der Waals surface area contributed by atoms with Gasteiger partial charge < -0.3 is 0 Å². The molecule has 1 rings (SSSR count). The van der Waals surface area contributed by atoms with Gasteiger partial charge in [0.1, 0.15) is 0 Å². The van der Waals surface area contributed by atoms with Gasteiger partial charge in [0.25, 0.3) is 0 Å². The van der Waals surface area contributed by atoms with Crippen molar-refractivity contribution >= 4 is 17.0 Å². The van der Waals surface area contributed by atoms with Crippen LogP contribution in [-0.4, -0.2) is 0 Å². The lowest BCUT2D eigenvalue weighted by atomic mass is 10.2. The number of benzene rings is 1. The molecule has 0 amide bonds. The molecule has 0 bridgehead atoms. The highest BCUT2D eigenvalue weighted by Crippen LogP contribution is 1.92. The molecule has 0 heterocycles.